The zero-order valence-electron chi connectivity index (χ0n) is 9.69. The number of hydrogen-bond donors (Lipinski definition) is 1. The second-order valence-electron chi connectivity index (χ2n) is 4.46. The number of hydrogen-bond acceptors (Lipinski definition) is 3. The minimum Gasteiger partial charge on any atom is -0.389 e. The largest absolute Gasteiger partial charge is 0.389 e. The molecule has 1 aliphatic rings. The lowest BCUT2D eigenvalue weighted by Gasteiger charge is -2.31. The summed E-state index contributed by atoms with van der Waals surface area (Å²) in [6.07, 6.45) is 3.84. The molecular formula is C12H23NO2. The highest BCUT2D eigenvalue weighted by molar-refractivity contribution is 4.72. The third-order valence-electron chi connectivity index (χ3n) is 2.89. The Bertz CT molecular complexity index is 176. The van der Waals surface area contributed by atoms with Gasteiger partial charge in [-0.05, 0) is 31.8 Å². The molecule has 0 aromatic heterocycles. The molecule has 1 rings (SSSR count). The first-order valence-corrected chi connectivity index (χ1v) is 5.81. The van der Waals surface area contributed by atoms with Gasteiger partial charge in [0.05, 0.1) is 19.3 Å². The maximum Gasteiger partial charge on any atom is 0.0900 e. The molecule has 1 aliphatic heterocycles. The fourth-order valence-corrected chi connectivity index (χ4v) is 1.88. The molecule has 88 valence electrons. The van der Waals surface area contributed by atoms with Crippen molar-refractivity contribution < 1.29 is 9.84 Å². The van der Waals surface area contributed by atoms with Gasteiger partial charge in [-0.15, -0.1) is 6.58 Å². The summed E-state index contributed by atoms with van der Waals surface area (Å²) in [5, 5.41) is 9.69. The Balaban J connectivity index is 2.09. The van der Waals surface area contributed by atoms with Crippen molar-refractivity contribution in [3.63, 3.8) is 0 Å². The molecular weight excluding hydrogens is 190 g/mol. The lowest BCUT2D eigenvalue weighted by molar-refractivity contribution is 0.0198. The Morgan fingerprint density at radius 2 is 2.20 bits per heavy atom. The molecule has 1 saturated heterocycles. The summed E-state index contributed by atoms with van der Waals surface area (Å²) in [5.41, 5.74) is 0. The molecule has 15 heavy (non-hydrogen) atoms. The van der Waals surface area contributed by atoms with Crippen LogP contribution < -0.4 is 0 Å². The molecule has 0 saturated carbocycles. The molecule has 1 fully saturated rings. The summed E-state index contributed by atoms with van der Waals surface area (Å²) in [6, 6.07) is 0. The number of likely N-dealkylation sites (tertiary alicyclic amines) is 1. The molecule has 0 radical (unpaired) electrons. The van der Waals surface area contributed by atoms with Crippen molar-refractivity contribution in [1.29, 1.82) is 0 Å². The molecule has 0 amide bonds. The molecule has 1 atom stereocenters. The van der Waals surface area contributed by atoms with Crippen LogP contribution in [0.4, 0.5) is 0 Å². The summed E-state index contributed by atoms with van der Waals surface area (Å²) in [7, 11) is 0. The predicted octanol–water partition coefficient (Wildman–Crippen LogP) is 1.28. The highest BCUT2D eigenvalue weighted by Crippen LogP contribution is 2.15. The topological polar surface area (TPSA) is 32.7 Å². The highest BCUT2D eigenvalue weighted by Gasteiger charge is 2.17. The summed E-state index contributed by atoms with van der Waals surface area (Å²) in [4.78, 5) is 2.32. The summed E-state index contributed by atoms with van der Waals surface area (Å²) in [6.45, 7) is 9.76. The second-order valence-corrected chi connectivity index (χ2v) is 4.46. The van der Waals surface area contributed by atoms with Crippen LogP contribution in [0.25, 0.3) is 0 Å². The minimum absolute atomic E-state index is 0.363. The first kappa shape index (κ1) is 12.7. The van der Waals surface area contributed by atoms with Gasteiger partial charge in [0.1, 0.15) is 0 Å². The number of piperidine rings is 1. The van der Waals surface area contributed by atoms with Gasteiger partial charge in [-0.25, -0.2) is 0 Å². The summed E-state index contributed by atoms with van der Waals surface area (Å²) >= 11 is 0. The molecule has 0 aromatic carbocycles. The third-order valence-corrected chi connectivity index (χ3v) is 2.89. The fourth-order valence-electron chi connectivity index (χ4n) is 1.88. The van der Waals surface area contributed by atoms with Crippen molar-refractivity contribution in [3.05, 3.63) is 12.7 Å². The molecule has 0 spiro atoms. The number of nitrogens with zero attached hydrogens (tertiary/aromatic N) is 1. The van der Waals surface area contributed by atoms with E-state index in [2.05, 4.69) is 18.4 Å². The van der Waals surface area contributed by atoms with E-state index < -0.39 is 0 Å². The lowest BCUT2D eigenvalue weighted by Crippen LogP contribution is -2.39. The van der Waals surface area contributed by atoms with Crippen LogP contribution in [0.5, 0.6) is 0 Å². The van der Waals surface area contributed by atoms with Crippen LogP contribution in [0.1, 0.15) is 19.8 Å². The first-order valence-electron chi connectivity index (χ1n) is 5.81. The molecule has 0 bridgehead atoms. The standard InChI is InChI=1S/C12H23NO2/c1-3-8-15-10-12(14)9-13-6-4-11(2)5-7-13/h3,11-12,14H,1,4-10H2,2H3. The first-order chi connectivity index (χ1) is 7.22. The van der Waals surface area contributed by atoms with Gasteiger partial charge in [0.15, 0.2) is 0 Å². The quantitative estimate of drug-likeness (QED) is 0.533. The summed E-state index contributed by atoms with van der Waals surface area (Å²) in [5.74, 6) is 0.843. The van der Waals surface area contributed by atoms with Crippen LogP contribution in [-0.4, -0.2) is 49.0 Å². The molecule has 1 heterocycles. The van der Waals surface area contributed by atoms with Gasteiger partial charge in [0, 0.05) is 6.54 Å². The number of aliphatic hydroxyl groups excluding tert-OH is 1. The Kier molecular flexibility index (Phi) is 5.91. The average Bonchev–Trinajstić information content (AvgIpc) is 2.22. The van der Waals surface area contributed by atoms with E-state index in [0.29, 0.717) is 13.2 Å². The van der Waals surface area contributed by atoms with Gasteiger partial charge in [0.25, 0.3) is 0 Å². The van der Waals surface area contributed by atoms with Gasteiger partial charge >= 0.3 is 0 Å². The minimum atomic E-state index is -0.363. The van der Waals surface area contributed by atoms with Crippen LogP contribution >= 0.6 is 0 Å². The van der Waals surface area contributed by atoms with Crippen molar-refractivity contribution in [2.45, 2.75) is 25.9 Å². The Morgan fingerprint density at radius 3 is 2.80 bits per heavy atom. The molecule has 1 unspecified atom stereocenters. The van der Waals surface area contributed by atoms with E-state index in [4.69, 9.17) is 4.74 Å². The van der Waals surface area contributed by atoms with E-state index in [0.717, 1.165) is 25.6 Å². The number of rotatable bonds is 6. The monoisotopic (exact) mass is 213 g/mol. The van der Waals surface area contributed by atoms with Crippen molar-refractivity contribution in [2.75, 3.05) is 32.8 Å². The van der Waals surface area contributed by atoms with E-state index in [1.54, 1.807) is 6.08 Å². The number of β-amino-alcohol motifs (C(OH)–C–C–N with tert-alkyl or cyclic N) is 1. The Morgan fingerprint density at radius 1 is 1.53 bits per heavy atom. The van der Waals surface area contributed by atoms with Crippen LogP contribution in [0.2, 0.25) is 0 Å². The van der Waals surface area contributed by atoms with Crippen LogP contribution in [0.3, 0.4) is 0 Å². The van der Waals surface area contributed by atoms with E-state index in [1.165, 1.54) is 12.8 Å². The van der Waals surface area contributed by atoms with Crippen molar-refractivity contribution in [1.82, 2.24) is 4.90 Å². The average molecular weight is 213 g/mol. The summed E-state index contributed by atoms with van der Waals surface area (Å²) < 4.78 is 5.21. The smallest absolute Gasteiger partial charge is 0.0900 e. The van der Waals surface area contributed by atoms with Crippen molar-refractivity contribution in [2.24, 2.45) is 5.92 Å². The molecule has 1 N–H and O–H groups in total. The number of aliphatic hydroxyl groups is 1. The highest BCUT2D eigenvalue weighted by atomic mass is 16.5. The van der Waals surface area contributed by atoms with E-state index >= 15 is 0 Å². The Hall–Kier alpha value is -0.380. The van der Waals surface area contributed by atoms with E-state index in [-0.39, 0.29) is 6.10 Å². The Labute approximate surface area is 92.7 Å². The normalized spacial score (nSPS) is 21.5. The predicted molar refractivity (Wildman–Crippen MR) is 61.9 cm³/mol. The van der Waals surface area contributed by atoms with Crippen LogP contribution in [0, 0.1) is 5.92 Å². The second kappa shape index (κ2) is 6.99. The molecule has 3 heteroatoms. The van der Waals surface area contributed by atoms with Gasteiger partial charge in [-0.1, -0.05) is 13.0 Å². The van der Waals surface area contributed by atoms with E-state index in [1.807, 2.05) is 0 Å². The molecule has 3 nitrogen and oxygen atoms in total. The maximum absolute atomic E-state index is 9.69. The van der Waals surface area contributed by atoms with Gasteiger partial charge < -0.3 is 14.7 Å². The SMILES string of the molecule is C=CCOCC(O)CN1CCC(C)CC1. The zero-order valence-corrected chi connectivity index (χ0v) is 9.69. The van der Waals surface area contributed by atoms with Gasteiger partial charge in [-0.3, -0.25) is 0 Å². The van der Waals surface area contributed by atoms with Crippen molar-refractivity contribution >= 4 is 0 Å². The lowest BCUT2D eigenvalue weighted by atomic mass is 9.99. The van der Waals surface area contributed by atoms with E-state index in [9.17, 15) is 5.11 Å². The third kappa shape index (κ3) is 5.30. The van der Waals surface area contributed by atoms with Crippen LogP contribution in [-0.2, 0) is 4.74 Å². The maximum atomic E-state index is 9.69. The molecule has 0 aromatic rings. The fraction of sp³-hybridized carbons (Fsp3) is 0.833. The molecule has 0 aliphatic carbocycles. The zero-order chi connectivity index (χ0) is 11.1. The van der Waals surface area contributed by atoms with Gasteiger partial charge in [0.2, 0.25) is 0 Å². The number of ether oxygens (including phenoxy) is 1. The van der Waals surface area contributed by atoms with Crippen LogP contribution in [0.15, 0.2) is 12.7 Å². The van der Waals surface area contributed by atoms with Gasteiger partial charge in [-0.2, -0.15) is 0 Å². The van der Waals surface area contributed by atoms with Crippen molar-refractivity contribution in [3.8, 4) is 0 Å².